The highest BCUT2D eigenvalue weighted by molar-refractivity contribution is 5.01. The average molecular weight is 234 g/mol. The molecule has 94 valence electrons. The third-order valence-corrected chi connectivity index (χ3v) is 3.23. The minimum absolute atomic E-state index is 0.194. The summed E-state index contributed by atoms with van der Waals surface area (Å²) in [6.45, 7) is 1.81. The van der Waals surface area contributed by atoms with Crippen molar-refractivity contribution < 1.29 is 29.9 Å². The molecule has 2 unspecified atom stereocenters. The Morgan fingerprint density at radius 1 is 1.31 bits per heavy atom. The van der Waals surface area contributed by atoms with Gasteiger partial charge in [0.25, 0.3) is 0 Å². The molecule has 0 aromatic carbocycles. The van der Waals surface area contributed by atoms with Crippen molar-refractivity contribution in [2.45, 2.75) is 50.2 Å². The van der Waals surface area contributed by atoms with E-state index in [1.807, 2.05) is 0 Å². The molecule has 0 bridgehead atoms. The molecule has 1 aliphatic carbocycles. The first-order valence-electron chi connectivity index (χ1n) is 5.50. The zero-order valence-corrected chi connectivity index (χ0v) is 9.06. The highest BCUT2D eigenvalue weighted by Gasteiger charge is 2.54. The number of aliphatic hydroxyl groups excluding tert-OH is 4. The zero-order chi connectivity index (χ0) is 11.9. The molecule has 1 heterocycles. The molecule has 0 aromatic rings. The standard InChI is InChI=1S/C10H18O6/c1-4(11)3-15-5-2-6-7(5)8(12)9(13)10(14)16-6/h4-14H,2-3H2,1H3/t4?,5?,6-,7-,8+,9-,10+/m0/s1. The Kier molecular flexibility index (Phi) is 3.48. The van der Waals surface area contributed by atoms with Gasteiger partial charge in [0.2, 0.25) is 0 Å². The summed E-state index contributed by atoms with van der Waals surface area (Å²) < 4.78 is 10.5. The van der Waals surface area contributed by atoms with Crippen molar-refractivity contribution in [3.8, 4) is 0 Å². The molecule has 7 atom stereocenters. The number of ether oxygens (including phenoxy) is 2. The topological polar surface area (TPSA) is 99.4 Å². The summed E-state index contributed by atoms with van der Waals surface area (Å²) in [5, 5.41) is 37.5. The predicted molar refractivity (Wildman–Crippen MR) is 52.4 cm³/mol. The van der Waals surface area contributed by atoms with E-state index >= 15 is 0 Å². The second-order valence-corrected chi connectivity index (χ2v) is 4.58. The van der Waals surface area contributed by atoms with Gasteiger partial charge in [-0.15, -0.1) is 0 Å². The van der Waals surface area contributed by atoms with Crippen LogP contribution < -0.4 is 0 Å². The van der Waals surface area contributed by atoms with E-state index in [0.29, 0.717) is 6.42 Å². The fourth-order valence-corrected chi connectivity index (χ4v) is 2.27. The van der Waals surface area contributed by atoms with E-state index in [9.17, 15) is 15.3 Å². The molecular formula is C10H18O6. The summed E-state index contributed by atoms with van der Waals surface area (Å²) in [5.74, 6) is -0.322. The van der Waals surface area contributed by atoms with Crippen molar-refractivity contribution in [2.24, 2.45) is 5.92 Å². The summed E-state index contributed by atoms with van der Waals surface area (Å²) in [6, 6.07) is 0. The van der Waals surface area contributed by atoms with Gasteiger partial charge in [0, 0.05) is 12.3 Å². The maximum Gasteiger partial charge on any atom is 0.183 e. The molecule has 0 radical (unpaired) electrons. The van der Waals surface area contributed by atoms with Crippen LogP contribution in [0.4, 0.5) is 0 Å². The number of hydrogen-bond acceptors (Lipinski definition) is 6. The van der Waals surface area contributed by atoms with Gasteiger partial charge in [-0.1, -0.05) is 0 Å². The van der Waals surface area contributed by atoms with E-state index in [1.54, 1.807) is 6.92 Å². The largest absolute Gasteiger partial charge is 0.391 e. The minimum Gasteiger partial charge on any atom is -0.391 e. The van der Waals surface area contributed by atoms with Crippen LogP contribution in [0.1, 0.15) is 13.3 Å². The van der Waals surface area contributed by atoms with Crippen LogP contribution in [0.25, 0.3) is 0 Å². The van der Waals surface area contributed by atoms with Crippen LogP contribution in [0.3, 0.4) is 0 Å². The summed E-state index contributed by atoms with van der Waals surface area (Å²) in [4.78, 5) is 0. The first-order chi connectivity index (χ1) is 7.50. The van der Waals surface area contributed by atoms with Crippen molar-refractivity contribution in [3.05, 3.63) is 0 Å². The smallest absolute Gasteiger partial charge is 0.183 e. The Bertz CT molecular complexity index is 245. The van der Waals surface area contributed by atoms with Gasteiger partial charge in [0.15, 0.2) is 6.29 Å². The van der Waals surface area contributed by atoms with Crippen LogP contribution in [-0.4, -0.2) is 63.8 Å². The Labute approximate surface area is 93.4 Å². The van der Waals surface area contributed by atoms with E-state index in [-0.39, 0.29) is 24.7 Å². The maximum atomic E-state index is 9.74. The highest BCUT2D eigenvalue weighted by Crippen LogP contribution is 2.41. The van der Waals surface area contributed by atoms with Crippen LogP contribution >= 0.6 is 0 Å². The van der Waals surface area contributed by atoms with Crippen LogP contribution in [0.2, 0.25) is 0 Å². The van der Waals surface area contributed by atoms with Crippen molar-refractivity contribution in [2.75, 3.05) is 6.61 Å². The number of hydrogen-bond donors (Lipinski definition) is 4. The van der Waals surface area contributed by atoms with Gasteiger partial charge < -0.3 is 29.9 Å². The Morgan fingerprint density at radius 3 is 2.62 bits per heavy atom. The number of rotatable bonds is 3. The van der Waals surface area contributed by atoms with Gasteiger partial charge in [-0.3, -0.25) is 0 Å². The average Bonchev–Trinajstić information content (AvgIpc) is 2.18. The van der Waals surface area contributed by atoms with E-state index in [1.165, 1.54) is 0 Å². The van der Waals surface area contributed by atoms with Crippen molar-refractivity contribution in [1.82, 2.24) is 0 Å². The lowest BCUT2D eigenvalue weighted by Gasteiger charge is -2.52. The Balaban J connectivity index is 1.89. The van der Waals surface area contributed by atoms with Crippen LogP contribution in [0.15, 0.2) is 0 Å². The molecule has 1 aliphatic heterocycles. The fourth-order valence-electron chi connectivity index (χ4n) is 2.27. The highest BCUT2D eigenvalue weighted by atomic mass is 16.6. The molecule has 0 spiro atoms. The van der Waals surface area contributed by atoms with E-state index in [0.717, 1.165) is 0 Å². The summed E-state index contributed by atoms with van der Waals surface area (Å²) in [5.41, 5.74) is 0. The predicted octanol–water partition coefficient (Wildman–Crippen LogP) is -1.79. The molecule has 0 aromatic heterocycles. The summed E-state index contributed by atoms with van der Waals surface area (Å²) >= 11 is 0. The lowest BCUT2D eigenvalue weighted by atomic mass is 9.71. The monoisotopic (exact) mass is 234 g/mol. The molecule has 0 amide bonds. The van der Waals surface area contributed by atoms with Gasteiger partial charge in [-0.05, 0) is 6.92 Å². The van der Waals surface area contributed by atoms with Crippen LogP contribution in [-0.2, 0) is 9.47 Å². The van der Waals surface area contributed by atoms with Gasteiger partial charge in [0.1, 0.15) is 6.10 Å². The molecular weight excluding hydrogens is 216 g/mol. The number of fused-ring (bicyclic) bond motifs is 1. The summed E-state index contributed by atoms with van der Waals surface area (Å²) in [7, 11) is 0. The number of aliphatic hydroxyl groups is 4. The minimum atomic E-state index is -1.33. The Morgan fingerprint density at radius 2 is 2.00 bits per heavy atom. The van der Waals surface area contributed by atoms with Crippen LogP contribution in [0.5, 0.6) is 0 Å². The first-order valence-corrected chi connectivity index (χ1v) is 5.50. The lowest BCUT2D eigenvalue weighted by molar-refractivity contribution is -0.320. The van der Waals surface area contributed by atoms with Crippen molar-refractivity contribution in [3.63, 3.8) is 0 Å². The first kappa shape index (κ1) is 12.2. The lowest BCUT2D eigenvalue weighted by Crippen LogP contribution is -2.65. The molecule has 2 rings (SSSR count). The second kappa shape index (κ2) is 4.56. The molecule has 1 saturated heterocycles. The second-order valence-electron chi connectivity index (χ2n) is 4.58. The normalized spacial score (nSPS) is 49.3. The Hall–Kier alpha value is -0.240. The van der Waals surface area contributed by atoms with E-state index in [2.05, 4.69) is 0 Å². The van der Waals surface area contributed by atoms with Gasteiger partial charge >= 0.3 is 0 Å². The molecule has 2 fully saturated rings. The molecule has 6 heteroatoms. The summed E-state index contributed by atoms with van der Waals surface area (Å²) in [6.07, 6.45) is -4.15. The fraction of sp³-hybridized carbons (Fsp3) is 1.00. The van der Waals surface area contributed by atoms with Crippen LogP contribution in [0, 0.1) is 5.92 Å². The maximum absolute atomic E-state index is 9.74. The van der Waals surface area contributed by atoms with E-state index < -0.39 is 24.6 Å². The third kappa shape index (κ3) is 2.09. The van der Waals surface area contributed by atoms with Crippen molar-refractivity contribution >= 4 is 0 Å². The zero-order valence-electron chi connectivity index (χ0n) is 9.06. The molecule has 1 saturated carbocycles. The molecule has 16 heavy (non-hydrogen) atoms. The SMILES string of the molecule is CC(O)COC1C[C@@H]2O[C@@H](O)[C@@H](O)[C@H](O)[C@@H]12. The van der Waals surface area contributed by atoms with E-state index in [4.69, 9.17) is 14.6 Å². The molecule has 2 aliphatic rings. The molecule has 4 N–H and O–H groups in total. The third-order valence-electron chi connectivity index (χ3n) is 3.23. The van der Waals surface area contributed by atoms with Gasteiger partial charge in [0.05, 0.1) is 31.0 Å². The quantitative estimate of drug-likeness (QED) is 0.460. The molecule has 6 nitrogen and oxygen atoms in total. The van der Waals surface area contributed by atoms with Gasteiger partial charge in [-0.25, -0.2) is 0 Å². The van der Waals surface area contributed by atoms with Gasteiger partial charge in [-0.2, -0.15) is 0 Å². The van der Waals surface area contributed by atoms with Crippen molar-refractivity contribution in [1.29, 1.82) is 0 Å².